The van der Waals surface area contributed by atoms with Gasteiger partial charge in [0.1, 0.15) is 11.6 Å². The van der Waals surface area contributed by atoms with Crippen molar-refractivity contribution in [2.24, 2.45) is 4.99 Å². The monoisotopic (exact) mass is 566 g/mol. The summed E-state index contributed by atoms with van der Waals surface area (Å²) in [6.45, 7) is 0.308. The van der Waals surface area contributed by atoms with Crippen molar-refractivity contribution >= 4 is 35.1 Å². The van der Waals surface area contributed by atoms with E-state index in [0.29, 0.717) is 47.8 Å². The molecule has 0 saturated heterocycles. The van der Waals surface area contributed by atoms with Crippen molar-refractivity contribution in [3.05, 3.63) is 63.7 Å². The number of β-amino-alcohol motifs (C(OH)–C–C–N with tert-alkyl or cyclic N) is 1. The molecule has 210 valence electrons. The Bertz CT molecular complexity index is 1380. The van der Waals surface area contributed by atoms with E-state index in [1.807, 2.05) is 0 Å². The van der Waals surface area contributed by atoms with Crippen LogP contribution in [0, 0.1) is 11.3 Å². The van der Waals surface area contributed by atoms with Gasteiger partial charge in [-0.1, -0.05) is 17.7 Å². The van der Waals surface area contributed by atoms with Crippen LogP contribution in [0.2, 0.25) is 5.02 Å². The quantitative estimate of drug-likeness (QED) is 0.276. The average molecular weight is 567 g/mol. The number of ketones is 1. The third-order valence-electron chi connectivity index (χ3n) is 7.35. The highest BCUT2D eigenvalue weighted by Gasteiger charge is 2.39. The van der Waals surface area contributed by atoms with Crippen LogP contribution in [0.25, 0.3) is 0 Å². The van der Waals surface area contributed by atoms with Crippen LogP contribution < -0.4 is 10.6 Å². The van der Waals surface area contributed by atoms with Gasteiger partial charge in [-0.05, 0) is 66.3 Å². The van der Waals surface area contributed by atoms with Crippen LogP contribution in [-0.2, 0) is 21.4 Å². The second-order valence-corrected chi connectivity index (χ2v) is 10.9. The summed E-state index contributed by atoms with van der Waals surface area (Å²) in [6.07, 6.45) is 1.62. The number of Topliss-reactive ketones (excluding diaryl/α,β-unsaturated/α-hetero) is 1. The number of amidine groups is 1. The smallest absolute Gasteiger partial charge is 0.303 e. The lowest BCUT2D eigenvalue weighted by Crippen LogP contribution is -2.39. The molecule has 1 aliphatic heterocycles. The first-order chi connectivity index (χ1) is 19.1. The first-order valence-corrected chi connectivity index (χ1v) is 13.5. The van der Waals surface area contributed by atoms with Gasteiger partial charge in [0.05, 0.1) is 37.1 Å². The van der Waals surface area contributed by atoms with Gasteiger partial charge in [0.25, 0.3) is 5.91 Å². The molecule has 4 rings (SSSR count). The van der Waals surface area contributed by atoms with Crippen molar-refractivity contribution in [2.75, 3.05) is 19.6 Å². The van der Waals surface area contributed by atoms with E-state index in [1.165, 1.54) is 12.1 Å². The summed E-state index contributed by atoms with van der Waals surface area (Å²) in [7, 11) is 0. The van der Waals surface area contributed by atoms with E-state index in [9.17, 15) is 35.0 Å². The van der Waals surface area contributed by atoms with Crippen LogP contribution in [0.15, 0.2) is 41.4 Å². The molecule has 1 aliphatic carbocycles. The number of amides is 1. The molecule has 2 aliphatic rings. The molecule has 2 atom stereocenters. The van der Waals surface area contributed by atoms with Gasteiger partial charge in [-0.25, -0.2) is 0 Å². The molecular weight excluding hydrogens is 536 g/mol. The zero-order valence-corrected chi connectivity index (χ0v) is 22.6. The average Bonchev–Trinajstić information content (AvgIpc) is 2.87. The van der Waals surface area contributed by atoms with Gasteiger partial charge in [-0.2, -0.15) is 5.26 Å². The number of nitrogens with zero attached hydrogens (tertiary/aromatic N) is 2. The normalized spacial score (nSPS) is 18.3. The molecule has 1 heterocycles. The molecule has 11 heteroatoms. The van der Waals surface area contributed by atoms with Crippen molar-refractivity contribution < 1.29 is 29.7 Å². The number of carbonyl (C=O) groups is 3. The van der Waals surface area contributed by atoms with Crippen LogP contribution in [0.5, 0.6) is 5.75 Å². The summed E-state index contributed by atoms with van der Waals surface area (Å²) in [5.74, 6) is -2.21. The highest BCUT2D eigenvalue weighted by Crippen LogP contribution is 2.45. The number of aliphatic carboxylic acids is 1. The molecule has 2 aromatic rings. The summed E-state index contributed by atoms with van der Waals surface area (Å²) in [4.78, 5) is 41.5. The molecule has 5 N–H and O–H groups in total. The maximum absolute atomic E-state index is 12.9. The van der Waals surface area contributed by atoms with Crippen LogP contribution in [0.4, 0.5) is 0 Å². The zero-order chi connectivity index (χ0) is 28.9. The molecule has 1 amide bonds. The van der Waals surface area contributed by atoms with E-state index >= 15 is 0 Å². The van der Waals surface area contributed by atoms with Crippen LogP contribution in [0.1, 0.15) is 65.1 Å². The summed E-state index contributed by atoms with van der Waals surface area (Å²) >= 11 is 6.33. The van der Waals surface area contributed by atoms with Crippen LogP contribution in [-0.4, -0.2) is 64.6 Å². The molecule has 0 spiro atoms. The van der Waals surface area contributed by atoms with Crippen molar-refractivity contribution in [3.63, 3.8) is 0 Å². The number of halogens is 1. The minimum absolute atomic E-state index is 0.120. The van der Waals surface area contributed by atoms with E-state index in [2.05, 4.69) is 21.7 Å². The summed E-state index contributed by atoms with van der Waals surface area (Å²) < 4.78 is 0. The Morgan fingerprint density at radius 2 is 1.95 bits per heavy atom. The highest BCUT2D eigenvalue weighted by molar-refractivity contribution is 6.30. The number of aromatic hydroxyl groups is 1. The van der Waals surface area contributed by atoms with Crippen LogP contribution in [0.3, 0.4) is 0 Å². The Kier molecular flexibility index (Phi) is 9.07. The van der Waals surface area contributed by atoms with Crippen LogP contribution >= 0.6 is 11.6 Å². The maximum Gasteiger partial charge on any atom is 0.303 e. The number of nitriles is 1. The summed E-state index contributed by atoms with van der Waals surface area (Å²) in [5.41, 5.74) is 1.43. The lowest BCUT2D eigenvalue weighted by atomic mass is 9.65. The Hall–Kier alpha value is -3.94. The van der Waals surface area contributed by atoms with Gasteiger partial charge in [-0.15, -0.1) is 0 Å². The molecule has 1 fully saturated rings. The number of hydrogen-bond donors (Lipinski definition) is 5. The first kappa shape index (κ1) is 29.1. The standard InChI is InChI=1S/C29H31ClN4O6/c30-22-8-18(7-21(12-22)29(16-31)2-1-3-29)19(11-27(38)39)9-24(36)13-34-28(40)20-4-17(5-23(35)10-20)6-26-32-14-25(37)15-33-26/h4-5,7-8,10,12,19,25,35,37H,1-3,6,9,11,13-15H2,(H,32,33)(H,34,40)(H,38,39)/t19-/m0/s1. The number of aliphatic hydroxyl groups is 1. The number of benzene rings is 2. The second-order valence-electron chi connectivity index (χ2n) is 10.4. The number of phenolic OH excluding ortho intramolecular Hbond substituents is 1. The Labute approximate surface area is 236 Å². The van der Waals surface area contributed by atoms with Crippen molar-refractivity contribution in [2.45, 2.75) is 56.0 Å². The fourth-order valence-electron chi connectivity index (χ4n) is 5.06. The van der Waals surface area contributed by atoms with E-state index in [4.69, 9.17) is 11.6 Å². The molecule has 2 aromatic carbocycles. The molecule has 0 aromatic heterocycles. The number of nitrogens with one attached hydrogen (secondary N) is 2. The summed E-state index contributed by atoms with van der Waals surface area (Å²) in [6, 6.07) is 11.8. The molecule has 0 bridgehead atoms. The predicted octanol–water partition coefficient (Wildman–Crippen LogP) is 2.84. The van der Waals surface area contributed by atoms with Gasteiger partial charge < -0.3 is 26.0 Å². The minimum Gasteiger partial charge on any atom is -0.508 e. The number of aliphatic imine (C=N–C) groups is 1. The molecule has 0 radical (unpaired) electrons. The van der Waals surface area contributed by atoms with Gasteiger partial charge in [0, 0.05) is 35.9 Å². The number of carbonyl (C=O) groups excluding carboxylic acids is 2. The number of carboxylic acid groups (broad SMARTS) is 1. The second kappa shape index (κ2) is 12.5. The maximum atomic E-state index is 12.9. The number of rotatable bonds is 11. The highest BCUT2D eigenvalue weighted by atomic mass is 35.5. The van der Waals surface area contributed by atoms with Gasteiger partial charge in [0.2, 0.25) is 0 Å². The summed E-state index contributed by atoms with van der Waals surface area (Å²) in [5, 5.41) is 44.8. The Morgan fingerprint density at radius 3 is 2.58 bits per heavy atom. The Morgan fingerprint density at radius 1 is 1.18 bits per heavy atom. The number of phenols is 1. The Balaban J connectivity index is 1.42. The fourth-order valence-corrected chi connectivity index (χ4v) is 5.30. The lowest BCUT2D eigenvalue weighted by Gasteiger charge is -2.36. The fraction of sp³-hybridized carbons (Fsp3) is 0.414. The number of hydrogen-bond acceptors (Lipinski definition) is 8. The SMILES string of the molecule is N#CC1(c2cc(Cl)cc([C@H](CC(=O)O)CC(=O)CNC(=O)c3cc(O)cc(CC4=NCC(O)CN4)c3)c2)CCC1. The van der Waals surface area contributed by atoms with Crippen molar-refractivity contribution in [3.8, 4) is 11.8 Å². The topological polar surface area (TPSA) is 172 Å². The minimum atomic E-state index is -1.08. The van der Waals surface area contributed by atoms with Gasteiger partial charge in [-0.3, -0.25) is 19.4 Å². The number of carboxylic acids is 1. The number of aliphatic hydroxyl groups excluding tert-OH is 1. The van der Waals surface area contributed by atoms with Crippen molar-refractivity contribution in [1.29, 1.82) is 5.26 Å². The van der Waals surface area contributed by atoms with Gasteiger partial charge in [0.15, 0.2) is 5.78 Å². The zero-order valence-electron chi connectivity index (χ0n) is 21.8. The molecule has 40 heavy (non-hydrogen) atoms. The molecular formula is C29H31ClN4O6. The predicted molar refractivity (Wildman–Crippen MR) is 148 cm³/mol. The third kappa shape index (κ3) is 7.17. The van der Waals surface area contributed by atoms with Crippen molar-refractivity contribution in [1.82, 2.24) is 10.6 Å². The molecule has 1 unspecified atom stereocenters. The molecule has 10 nitrogen and oxygen atoms in total. The van der Waals surface area contributed by atoms with E-state index in [-0.39, 0.29) is 43.0 Å². The third-order valence-corrected chi connectivity index (χ3v) is 7.57. The van der Waals surface area contributed by atoms with Gasteiger partial charge >= 0.3 is 5.97 Å². The van der Waals surface area contributed by atoms with E-state index in [1.54, 1.807) is 24.3 Å². The first-order valence-electron chi connectivity index (χ1n) is 13.1. The lowest BCUT2D eigenvalue weighted by molar-refractivity contribution is -0.137. The largest absolute Gasteiger partial charge is 0.508 e. The van der Waals surface area contributed by atoms with E-state index in [0.717, 1.165) is 12.0 Å². The molecule has 1 saturated carbocycles. The van der Waals surface area contributed by atoms with E-state index < -0.39 is 29.3 Å².